The average Bonchev–Trinajstić information content (AvgIpc) is 3.65. The zero-order valence-electron chi connectivity index (χ0n) is 51.0. The first kappa shape index (κ1) is 66.0. The Hall–Kier alpha value is -6.83. The summed E-state index contributed by atoms with van der Waals surface area (Å²) in [7, 11) is 0. The van der Waals surface area contributed by atoms with Crippen LogP contribution >= 0.6 is 0 Å². The van der Waals surface area contributed by atoms with Crippen LogP contribution in [-0.4, -0.2) is 9.97 Å². The Morgan fingerprint density at radius 3 is 0.707 bits per heavy atom. The number of pyridine rings is 2. The van der Waals surface area contributed by atoms with Gasteiger partial charge >= 0.3 is 0 Å². The number of aromatic nitrogens is 2. The van der Waals surface area contributed by atoms with Crippen LogP contribution in [0.25, 0.3) is 21.5 Å². The van der Waals surface area contributed by atoms with Crippen molar-refractivity contribution in [2.24, 2.45) is 0 Å². The molecule has 2 radical (unpaired) electrons. The van der Waals surface area contributed by atoms with Crippen molar-refractivity contribution in [2.75, 3.05) is 21.3 Å². The summed E-state index contributed by atoms with van der Waals surface area (Å²) in [4.78, 5) is 10.1. The molecule has 4 N–H and O–H groups in total. The third-order valence-corrected chi connectivity index (χ3v) is 15.4. The number of benzene rings is 7. The molecule has 10 heteroatoms. The molecule has 9 aromatic rings. The number of rotatable bonds is 16. The fourth-order valence-corrected chi connectivity index (χ4v) is 10.6. The zero-order chi connectivity index (χ0) is 57.9. The molecule has 0 aliphatic carbocycles. The predicted molar refractivity (Wildman–Crippen MR) is 338 cm³/mol. The molecule has 0 amide bonds. The van der Waals surface area contributed by atoms with E-state index >= 15 is 0 Å². The van der Waals surface area contributed by atoms with E-state index in [2.05, 4.69) is 241 Å². The minimum Gasteiger partial charge on any atom is -0.872 e. The van der Waals surface area contributed by atoms with Crippen molar-refractivity contribution in [3.05, 3.63) is 225 Å². The minimum atomic E-state index is -0.408. The molecule has 2 aromatic heterocycles. The van der Waals surface area contributed by atoms with Crippen LogP contribution in [0, 0.1) is 27.7 Å². The number of fused-ring (bicyclic) bond motifs is 3. The quantitative estimate of drug-likeness (QED) is 0.0706. The Labute approximate surface area is 511 Å². The first-order valence-electron chi connectivity index (χ1n) is 28.8. The van der Waals surface area contributed by atoms with Crippen molar-refractivity contribution in [1.82, 2.24) is 9.97 Å². The number of nitrogens with zero attached hydrogens (tertiary/aromatic N) is 2. The Morgan fingerprint density at radius 2 is 0.488 bits per heavy atom. The molecule has 0 aliphatic heterocycles. The summed E-state index contributed by atoms with van der Waals surface area (Å²) in [6.45, 7) is 35.4. The standard InChI is InChI=1S/2C29H39N3.C14H10O2.2Co/c2*1-18(2)24-14-9-12-20(5)28(24)30-22(7)26-16-11-17-27(32-26)23(8)31-29-21(6)13-10-15-25(29)19(3)4;15-13-11-7-3-1-5-9(11)10-6-2-4-8-12(10)14(13)16;;/h2*9-19,22-23,30-31H,1-8H3;1-8,15-16H;;/p-2. The van der Waals surface area contributed by atoms with E-state index in [9.17, 15) is 10.2 Å². The van der Waals surface area contributed by atoms with Gasteiger partial charge in [-0.25, -0.2) is 0 Å². The topological polar surface area (TPSA) is 120 Å². The third kappa shape index (κ3) is 15.8. The van der Waals surface area contributed by atoms with Gasteiger partial charge in [0.05, 0.1) is 46.9 Å². The van der Waals surface area contributed by atoms with Gasteiger partial charge in [0.15, 0.2) is 0 Å². The van der Waals surface area contributed by atoms with Gasteiger partial charge in [0, 0.05) is 56.3 Å². The smallest absolute Gasteiger partial charge is 0.0657 e. The SMILES string of the molecule is Cc1cccc(C(C)C)c1NC(C)c1cccc(C(C)Nc2c(C)cccc2C(C)C)n1.Cc1cccc(C(C)C)c1NC(C)c1cccc(C(C)Nc2c(C)cccc2C(C)C)n1.[Co].[Co].[O-]c1c([O-])c2ccccc2c2ccccc12. The van der Waals surface area contributed by atoms with Gasteiger partial charge in [-0.1, -0.05) is 189 Å². The van der Waals surface area contributed by atoms with Crippen LogP contribution in [0.5, 0.6) is 11.5 Å². The van der Waals surface area contributed by atoms with Crippen LogP contribution in [0.1, 0.15) is 198 Å². The van der Waals surface area contributed by atoms with Crippen molar-refractivity contribution >= 4 is 44.3 Å². The largest absolute Gasteiger partial charge is 0.872 e. The Bertz CT molecular complexity index is 3150. The van der Waals surface area contributed by atoms with Crippen LogP contribution in [0.2, 0.25) is 0 Å². The van der Waals surface area contributed by atoms with E-state index in [4.69, 9.17) is 9.97 Å². The molecule has 8 nitrogen and oxygen atoms in total. The van der Waals surface area contributed by atoms with Crippen LogP contribution in [-0.2, 0) is 33.6 Å². The van der Waals surface area contributed by atoms with Crippen molar-refractivity contribution < 1.29 is 43.8 Å². The Balaban J connectivity index is 0.000000234. The second-order valence-electron chi connectivity index (χ2n) is 23.0. The summed E-state index contributed by atoms with van der Waals surface area (Å²) >= 11 is 0. The van der Waals surface area contributed by atoms with Crippen molar-refractivity contribution in [1.29, 1.82) is 0 Å². The van der Waals surface area contributed by atoms with Gasteiger partial charge in [0.1, 0.15) is 0 Å². The predicted octanol–water partition coefficient (Wildman–Crippen LogP) is 18.7. The number of aryl methyl sites for hydroxylation is 4. The summed E-state index contributed by atoms with van der Waals surface area (Å²) < 4.78 is 0. The normalized spacial score (nSPS) is 12.5. The van der Waals surface area contributed by atoms with Crippen LogP contribution < -0.4 is 31.5 Å². The van der Waals surface area contributed by atoms with Crippen LogP contribution in [0.15, 0.2) is 158 Å². The molecule has 0 spiro atoms. The molecule has 0 bridgehead atoms. The molecule has 0 fully saturated rings. The molecular formula is C72H86Co2N6O2-2. The fourth-order valence-electron chi connectivity index (χ4n) is 10.6. The second-order valence-corrected chi connectivity index (χ2v) is 23.0. The van der Waals surface area contributed by atoms with Gasteiger partial charge in [0.25, 0.3) is 0 Å². The van der Waals surface area contributed by atoms with Gasteiger partial charge in [-0.15, -0.1) is 11.5 Å². The van der Waals surface area contributed by atoms with Gasteiger partial charge in [0.2, 0.25) is 0 Å². The number of hydrogen-bond acceptors (Lipinski definition) is 8. The number of para-hydroxylation sites is 4. The van der Waals surface area contributed by atoms with E-state index in [1.54, 1.807) is 24.3 Å². The van der Waals surface area contributed by atoms with Gasteiger partial charge in [-0.3, -0.25) is 9.97 Å². The molecular weight excluding hydrogens is 1100 g/mol. The molecule has 0 saturated heterocycles. The molecule has 82 heavy (non-hydrogen) atoms. The van der Waals surface area contributed by atoms with E-state index in [1.807, 2.05) is 24.3 Å². The maximum Gasteiger partial charge on any atom is 0.0657 e. The van der Waals surface area contributed by atoms with Crippen molar-refractivity contribution in [3.63, 3.8) is 0 Å². The number of nitrogens with one attached hydrogen (secondary N) is 4. The van der Waals surface area contributed by atoms with E-state index < -0.39 is 11.5 Å². The summed E-state index contributed by atoms with van der Waals surface area (Å²) in [5.41, 5.74) is 19.7. The summed E-state index contributed by atoms with van der Waals surface area (Å²) in [5, 5.41) is 41.3. The number of hydrogen-bond donors (Lipinski definition) is 4. The van der Waals surface area contributed by atoms with Gasteiger partial charge < -0.3 is 31.5 Å². The van der Waals surface area contributed by atoms with Crippen LogP contribution in [0.3, 0.4) is 0 Å². The van der Waals surface area contributed by atoms with Gasteiger partial charge in [-0.2, -0.15) is 0 Å². The molecule has 436 valence electrons. The van der Waals surface area contributed by atoms with Gasteiger partial charge in [-0.05, 0) is 169 Å². The monoisotopic (exact) mass is 1180 g/mol. The summed E-state index contributed by atoms with van der Waals surface area (Å²) in [6, 6.07) is 53.8. The average molecular weight is 1190 g/mol. The molecule has 4 unspecified atom stereocenters. The molecule has 7 aromatic carbocycles. The molecule has 4 atom stereocenters. The molecule has 0 aliphatic rings. The summed E-state index contributed by atoms with van der Waals surface area (Å²) in [5.74, 6) is 1.06. The second kappa shape index (κ2) is 29.9. The van der Waals surface area contributed by atoms with E-state index in [0.29, 0.717) is 34.4 Å². The fraction of sp³-hybridized carbons (Fsp3) is 0.333. The Kier molecular flexibility index (Phi) is 24.1. The first-order valence-corrected chi connectivity index (χ1v) is 28.8. The van der Waals surface area contributed by atoms with Crippen LogP contribution in [0.4, 0.5) is 22.7 Å². The maximum atomic E-state index is 11.8. The summed E-state index contributed by atoms with van der Waals surface area (Å²) in [6.07, 6.45) is 0. The molecule has 0 saturated carbocycles. The van der Waals surface area contributed by atoms with E-state index in [1.165, 1.54) is 67.3 Å². The van der Waals surface area contributed by atoms with Crippen molar-refractivity contribution in [3.8, 4) is 11.5 Å². The molecule has 9 rings (SSSR count). The van der Waals surface area contributed by atoms with Crippen molar-refractivity contribution in [2.45, 2.75) is 159 Å². The first-order chi connectivity index (χ1) is 38.2. The number of anilines is 4. The maximum absolute atomic E-state index is 11.8. The zero-order valence-corrected chi connectivity index (χ0v) is 53.1. The third-order valence-electron chi connectivity index (χ3n) is 15.4. The Morgan fingerprint density at radius 1 is 0.280 bits per heavy atom. The van der Waals surface area contributed by atoms with E-state index in [0.717, 1.165) is 33.5 Å². The molecule has 2 heterocycles. The minimum absolute atomic E-state index is 0. The van der Waals surface area contributed by atoms with E-state index in [-0.39, 0.29) is 57.7 Å².